The van der Waals surface area contributed by atoms with Gasteiger partial charge in [0.2, 0.25) is 0 Å². The maximum absolute atomic E-state index is 12.8. The van der Waals surface area contributed by atoms with E-state index in [1.807, 2.05) is 18.2 Å². The van der Waals surface area contributed by atoms with E-state index >= 15 is 0 Å². The molecule has 140 valence electrons. The Balaban J connectivity index is 1.76. The molecular weight excluding hydrogens is 364 g/mol. The normalized spacial score (nSPS) is 15.0. The minimum atomic E-state index is -3.82. The van der Waals surface area contributed by atoms with Gasteiger partial charge in [-0.1, -0.05) is 12.1 Å². The first-order valence-electron chi connectivity index (χ1n) is 8.64. The molecule has 0 atom stereocenters. The highest BCUT2D eigenvalue weighted by Gasteiger charge is 2.21. The molecule has 3 aromatic rings. The van der Waals surface area contributed by atoms with Crippen LogP contribution in [-0.2, 0) is 14.8 Å². The fraction of sp³-hybridized carbons (Fsp3) is 0.211. The van der Waals surface area contributed by atoms with Crippen LogP contribution in [0, 0.1) is 0 Å². The molecule has 0 aliphatic carbocycles. The highest BCUT2D eigenvalue weighted by Crippen LogP contribution is 2.33. The number of para-hydroxylation sites is 1. The highest BCUT2D eigenvalue weighted by atomic mass is 32.2. The number of ether oxygens (including phenoxy) is 1. The van der Waals surface area contributed by atoms with Gasteiger partial charge < -0.3 is 15.4 Å². The van der Waals surface area contributed by atoms with Gasteiger partial charge in [0, 0.05) is 30.4 Å². The quantitative estimate of drug-likeness (QED) is 0.671. The highest BCUT2D eigenvalue weighted by molar-refractivity contribution is 7.93. The van der Waals surface area contributed by atoms with E-state index in [0.717, 1.165) is 24.2 Å². The third-order valence-corrected chi connectivity index (χ3v) is 5.99. The van der Waals surface area contributed by atoms with Gasteiger partial charge in [0.15, 0.2) is 0 Å². The predicted octanol–water partition coefficient (Wildman–Crippen LogP) is 2.45. The van der Waals surface area contributed by atoms with Crippen LogP contribution in [-0.4, -0.2) is 39.7 Å². The Labute approximate surface area is 157 Å². The van der Waals surface area contributed by atoms with E-state index in [-0.39, 0.29) is 10.6 Å². The van der Waals surface area contributed by atoms with Gasteiger partial charge in [-0.25, -0.2) is 8.42 Å². The summed E-state index contributed by atoms with van der Waals surface area (Å²) in [4.78, 5) is 6.69. The number of pyridine rings is 1. The first-order chi connectivity index (χ1) is 13.1. The average molecular weight is 384 g/mol. The number of nitrogens with zero attached hydrogens (tertiary/aromatic N) is 2. The molecule has 3 N–H and O–H groups in total. The van der Waals surface area contributed by atoms with Crippen LogP contribution >= 0.6 is 0 Å². The van der Waals surface area contributed by atoms with Crippen LogP contribution in [0.1, 0.15) is 0 Å². The molecule has 8 heteroatoms. The number of nitrogens with two attached hydrogens (primary N) is 1. The standard InChI is InChI=1S/C19H20N4O3S/c20-15-5-1-2-6-18(15)27(24,25)22-16-7-8-17(23-10-12-26-13-11-23)14-4-3-9-21-19(14)16/h1-9,22H,10-13,20H2. The number of anilines is 3. The number of benzene rings is 2. The number of nitrogens with one attached hydrogen (secondary N) is 1. The van der Waals surface area contributed by atoms with Gasteiger partial charge in [-0.2, -0.15) is 0 Å². The first kappa shape index (κ1) is 17.6. The van der Waals surface area contributed by atoms with Crippen molar-refractivity contribution in [1.82, 2.24) is 4.98 Å². The van der Waals surface area contributed by atoms with E-state index in [4.69, 9.17) is 10.5 Å². The van der Waals surface area contributed by atoms with Crippen LogP contribution in [0.25, 0.3) is 10.9 Å². The number of sulfonamides is 1. The van der Waals surface area contributed by atoms with Crippen LogP contribution in [0.2, 0.25) is 0 Å². The molecule has 1 saturated heterocycles. The van der Waals surface area contributed by atoms with Gasteiger partial charge in [0.05, 0.1) is 30.1 Å². The SMILES string of the molecule is Nc1ccccc1S(=O)(=O)Nc1ccc(N2CCOCC2)c2cccnc12. The van der Waals surface area contributed by atoms with Gasteiger partial charge in [-0.3, -0.25) is 9.71 Å². The van der Waals surface area contributed by atoms with Crippen molar-refractivity contribution in [1.29, 1.82) is 0 Å². The van der Waals surface area contributed by atoms with Crippen LogP contribution in [0.3, 0.4) is 0 Å². The van der Waals surface area contributed by atoms with Crippen molar-refractivity contribution < 1.29 is 13.2 Å². The minimum Gasteiger partial charge on any atom is -0.398 e. The summed E-state index contributed by atoms with van der Waals surface area (Å²) in [6.45, 7) is 2.91. The number of fused-ring (bicyclic) bond motifs is 1. The lowest BCUT2D eigenvalue weighted by Crippen LogP contribution is -2.36. The number of rotatable bonds is 4. The number of aromatic nitrogens is 1. The van der Waals surface area contributed by atoms with E-state index in [1.165, 1.54) is 6.07 Å². The Morgan fingerprint density at radius 2 is 1.81 bits per heavy atom. The fourth-order valence-corrected chi connectivity index (χ4v) is 4.45. The van der Waals surface area contributed by atoms with E-state index < -0.39 is 10.0 Å². The molecule has 0 spiro atoms. The summed E-state index contributed by atoms with van der Waals surface area (Å²) in [5.74, 6) is 0. The molecule has 2 heterocycles. The number of hydrogen-bond donors (Lipinski definition) is 2. The van der Waals surface area contributed by atoms with E-state index in [9.17, 15) is 8.42 Å². The van der Waals surface area contributed by atoms with E-state index in [2.05, 4.69) is 14.6 Å². The number of hydrogen-bond acceptors (Lipinski definition) is 6. The van der Waals surface area contributed by atoms with Crippen LogP contribution in [0.4, 0.5) is 17.1 Å². The predicted molar refractivity (Wildman–Crippen MR) is 106 cm³/mol. The second-order valence-corrected chi connectivity index (χ2v) is 7.93. The Hall–Kier alpha value is -2.84. The zero-order valence-corrected chi connectivity index (χ0v) is 15.4. The number of nitrogen functional groups attached to an aromatic ring is 1. The third-order valence-electron chi connectivity index (χ3n) is 4.55. The molecule has 1 aliphatic heterocycles. The lowest BCUT2D eigenvalue weighted by Gasteiger charge is -2.30. The summed E-state index contributed by atoms with van der Waals surface area (Å²) in [6, 6.07) is 13.8. The van der Waals surface area contributed by atoms with Gasteiger partial charge in [-0.15, -0.1) is 0 Å². The maximum atomic E-state index is 12.8. The second-order valence-electron chi connectivity index (χ2n) is 6.27. The third kappa shape index (κ3) is 3.41. The largest absolute Gasteiger partial charge is 0.398 e. The monoisotopic (exact) mass is 384 g/mol. The molecule has 4 rings (SSSR count). The molecule has 0 unspecified atom stereocenters. The van der Waals surface area contributed by atoms with E-state index in [1.54, 1.807) is 30.5 Å². The Bertz CT molecular complexity index is 1080. The summed E-state index contributed by atoms with van der Waals surface area (Å²) in [5.41, 5.74) is 8.08. The molecule has 7 nitrogen and oxygen atoms in total. The lowest BCUT2D eigenvalue weighted by atomic mass is 10.1. The first-order valence-corrected chi connectivity index (χ1v) is 10.1. The molecule has 2 aromatic carbocycles. The topological polar surface area (TPSA) is 97.5 Å². The summed E-state index contributed by atoms with van der Waals surface area (Å²) in [6.07, 6.45) is 1.65. The van der Waals surface area contributed by atoms with Gasteiger partial charge in [0.25, 0.3) is 10.0 Å². The van der Waals surface area contributed by atoms with Gasteiger partial charge in [0.1, 0.15) is 4.90 Å². The van der Waals surface area contributed by atoms with Crippen molar-refractivity contribution in [2.45, 2.75) is 4.90 Å². The average Bonchev–Trinajstić information content (AvgIpc) is 2.69. The Morgan fingerprint density at radius 1 is 1.04 bits per heavy atom. The van der Waals surface area contributed by atoms with Crippen LogP contribution in [0.15, 0.2) is 59.6 Å². The van der Waals surface area contributed by atoms with Gasteiger partial charge in [-0.05, 0) is 36.4 Å². The molecular formula is C19H20N4O3S. The second kappa shape index (κ2) is 7.05. The molecule has 0 saturated carbocycles. The Kier molecular flexibility index (Phi) is 4.59. The number of morpholine rings is 1. The molecule has 0 radical (unpaired) electrons. The van der Waals surface area contributed by atoms with Gasteiger partial charge >= 0.3 is 0 Å². The minimum absolute atomic E-state index is 0.0475. The zero-order valence-electron chi connectivity index (χ0n) is 14.6. The lowest BCUT2D eigenvalue weighted by molar-refractivity contribution is 0.123. The maximum Gasteiger partial charge on any atom is 0.264 e. The smallest absolute Gasteiger partial charge is 0.264 e. The summed E-state index contributed by atoms with van der Waals surface area (Å²) in [7, 11) is -3.82. The van der Waals surface area contributed by atoms with Crippen LogP contribution < -0.4 is 15.4 Å². The van der Waals surface area contributed by atoms with Crippen molar-refractivity contribution in [2.24, 2.45) is 0 Å². The molecule has 1 aliphatic rings. The van der Waals surface area contributed by atoms with E-state index in [0.29, 0.717) is 24.4 Å². The van der Waals surface area contributed by atoms with Crippen molar-refractivity contribution in [3.05, 3.63) is 54.7 Å². The molecule has 0 amide bonds. The van der Waals surface area contributed by atoms with Crippen molar-refractivity contribution in [3.8, 4) is 0 Å². The molecule has 1 aromatic heterocycles. The van der Waals surface area contributed by atoms with Crippen molar-refractivity contribution in [3.63, 3.8) is 0 Å². The van der Waals surface area contributed by atoms with Crippen molar-refractivity contribution >= 4 is 38.0 Å². The molecule has 1 fully saturated rings. The summed E-state index contributed by atoms with van der Waals surface area (Å²) >= 11 is 0. The van der Waals surface area contributed by atoms with Crippen molar-refractivity contribution in [2.75, 3.05) is 41.7 Å². The Morgan fingerprint density at radius 3 is 2.59 bits per heavy atom. The zero-order chi connectivity index (χ0) is 18.9. The van der Waals surface area contributed by atoms with Crippen LogP contribution in [0.5, 0.6) is 0 Å². The molecule has 0 bridgehead atoms. The summed E-state index contributed by atoms with van der Waals surface area (Å²) < 4.78 is 33.7. The molecule has 27 heavy (non-hydrogen) atoms. The summed E-state index contributed by atoms with van der Waals surface area (Å²) in [5, 5.41) is 0.889. The fourth-order valence-electron chi connectivity index (χ4n) is 3.24.